The topological polar surface area (TPSA) is 28.2 Å². The van der Waals surface area contributed by atoms with Gasteiger partial charge >= 0.3 is 0 Å². The van der Waals surface area contributed by atoms with Gasteiger partial charge in [-0.3, -0.25) is 4.90 Å². The number of pyridine rings is 1. The van der Waals surface area contributed by atoms with Crippen LogP contribution in [0.3, 0.4) is 0 Å². The molecule has 3 heteroatoms. The average molecular weight is 285 g/mol. The van der Waals surface area contributed by atoms with Crippen LogP contribution < -0.4 is 5.32 Å². The lowest BCUT2D eigenvalue weighted by atomic mass is 10.0. The molecule has 2 aromatic rings. The molecule has 0 saturated carbocycles. The second-order valence-corrected chi connectivity index (χ2v) is 6.12. The minimum atomic E-state index is 0.547. The van der Waals surface area contributed by atoms with Crippen LogP contribution in [0.2, 0.25) is 0 Å². The van der Waals surface area contributed by atoms with E-state index < -0.39 is 0 Å². The predicted molar refractivity (Wildman–Crippen MR) is 91.7 cm³/mol. The van der Waals surface area contributed by atoms with Gasteiger partial charge in [0, 0.05) is 30.1 Å². The molecule has 0 aliphatic rings. The monoisotopic (exact) mass is 285 g/mol. The van der Waals surface area contributed by atoms with Gasteiger partial charge in [-0.1, -0.05) is 32.0 Å². The third-order valence-electron chi connectivity index (χ3n) is 4.23. The molecular formula is C18H27N3. The summed E-state index contributed by atoms with van der Waals surface area (Å²) in [5.41, 5.74) is 2.32. The van der Waals surface area contributed by atoms with Crippen molar-refractivity contribution in [3.05, 3.63) is 35.9 Å². The van der Waals surface area contributed by atoms with Crippen molar-refractivity contribution in [2.45, 2.75) is 40.3 Å². The Labute approximate surface area is 128 Å². The Morgan fingerprint density at radius 3 is 2.57 bits per heavy atom. The van der Waals surface area contributed by atoms with Crippen LogP contribution in [0.1, 0.15) is 33.3 Å². The molecule has 2 rings (SSSR count). The number of hydrogen-bond acceptors (Lipinski definition) is 3. The van der Waals surface area contributed by atoms with Crippen LogP contribution in [-0.4, -0.2) is 29.5 Å². The van der Waals surface area contributed by atoms with E-state index in [1.165, 1.54) is 10.9 Å². The molecule has 0 fully saturated rings. The lowest BCUT2D eigenvalue weighted by Crippen LogP contribution is -2.33. The lowest BCUT2D eigenvalue weighted by molar-refractivity contribution is 0.200. The summed E-state index contributed by atoms with van der Waals surface area (Å²) in [6.45, 7) is 10.7. The first-order valence-electron chi connectivity index (χ1n) is 7.85. The van der Waals surface area contributed by atoms with Crippen LogP contribution in [0.4, 0.5) is 5.82 Å². The van der Waals surface area contributed by atoms with Gasteiger partial charge in [-0.2, -0.15) is 0 Å². The predicted octanol–water partition coefficient (Wildman–Crippen LogP) is 4.14. The van der Waals surface area contributed by atoms with E-state index in [-0.39, 0.29) is 0 Å². The van der Waals surface area contributed by atoms with Crippen molar-refractivity contribution in [2.75, 3.05) is 18.9 Å². The fourth-order valence-corrected chi connectivity index (χ4v) is 2.52. The molecule has 0 aliphatic carbocycles. The Morgan fingerprint density at radius 1 is 1.19 bits per heavy atom. The molecule has 1 atom stereocenters. The highest BCUT2D eigenvalue weighted by molar-refractivity contribution is 5.81. The van der Waals surface area contributed by atoms with Crippen LogP contribution in [0.5, 0.6) is 0 Å². The number of aromatic nitrogens is 1. The molecule has 1 unspecified atom stereocenters. The number of hydrogen-bond donors (Lipinski definition) is 1. The van der Waals surface area contributed by atoms with E-state index >= 15 is 0 Å². The van der Waals surface area contributed by atoms with E-state index in [1.54, 1.807) is 0 Å². The van der Waals surface area contributed by atoms with Gasteiger partial charge < -0.3 is 5.32 Å². The van der Waals surface area contributed by atoms with E-state index in [0.717, 1.165) is 24.4 Å². The van der Waals surface area contributed by atoms with Crippen LogP contribution in [0.25, 0.3) is 10.9 Å². The van der Waals surface area contributed by atoms with Gasteiger partial charge in [0.15, 0.2) is 0 Å². The van der Waals surface area contributed by atoms with Crippen molar-refractivity contribution in [1.82, 2.24) is 9.88 Å². The summed E-state index contributed by atoms with van der Waals surface area (Å²) in [6.07, 6.45) is 0. The first-order valence-corrected chi connectivity index (χ1v) is 7.85. The number of anilines is 1. The average Bonchev–Trinajstić information content (AvgIpc) is 2.47. The standard InChI is InChI=1S/C18H27N3/c1-6-19-18-16(12-21(5)14(4)13(2)3)11-15-9-7-8-10-17(15)20-18/h7-11,13-14H,6,12H2,1-5H3,(H,19,20). The molecule has 0 saturated heterocycles. The first-order chi connectivity index (χ1) is 10.0. The van der Waals surface area contributed by atoms with Gasteiger partial charge in [0.25, 0.3) is 0 Å². The maximum absolute atomic E-state index is 4.78. The molecule has 3 nitrogen and oxygen atoms in total. The molecule has 0 spiro atoms. The van der Waals surface area contributed by atoms with Crippen LogP contribution in [-0.2, 0) is 6.54 Å². The zero-order chi connectivity index (χ0) is 15.4. The zero-order valence-electron chi connectivity index (χ0n) is 13.9. The molecule has 114 valence electrons. The SMILES string of the molecule is CCNc1nc2ccccc2cc1CN(C)C(C)C(C)C. The number of fused-ring (bicyclic) bond motifs is 1. The van der Waals surface area contributed by atoms with Gasteiger partial charge in [0.1, 0.15) is 5.82 Å². The van der Waals surface area contributed by atoms with Gasteiger partial charge in [-0.15, -0.1) is 0 Å². The number of nitrogens with zero attached hydrogens (tertiary/aromatic N) is 2. The molecule has 1 heterocycles. The molecular weight excluding hydrogens is 258 g/mol. The maximum atomic E-state index is 4.78. The number of para-hydroxylation sites is 1. The highest BCUT2D eigenvalue weighted by atomic mass is 15.1. The Hall–Kier alpha value is -1.61. The van der Waals surface area contributed by atoms with Crippen molar-refractivity contribution in [1.29, 1.82) is 0 Å². The van der Waals surface area contributed by atoms with Crippen molar-refractivity contribution in [3.63, 3.8) is 0 Å². The number of rotatable bonds is 6. The minimum Gasteiger partial charge on any atom is -0.370 e. The Kier molecular flexibility index (Phi) is 5.18. The normalized spacial score (nSPS) is 13.1. The Morgan fingerprint density at radius 2 is 1.90 bits per heavy atom. The third kappa shape index (κ3) is 3.73. The summed E-state index contributed by atoms with van der Waals surface area (Å²) < 4.78 is 0. The summed E-state index contributed by atoms with van der Waals surface area (Å²) in [4.78, 5) is 7.18. The maximum Gasteiger partial charge on any atom is 0.131 e. The van der Waals surface area contributed by atoms with Crippen LogP contribution in [0, 0.1) is 5.92 Å². The van der Waals surface area contributed by atoms with Crippen molar-refractivity contribution in [3.8, 4) is 0 Å². The molecule has 0 amide bonds. The van der Waals surface area contributed by atoms with Crippen molar-refractivity contribution < 1.29 is 0 Å². The number of benzene rings is 1. The fraction of sp³-hybridized carbons (Fsp3) is 0.500. The highest BCUT2D eigenvalue weighted by Crippen LogP contribution is 2.23. The molecule has 1 N–H and O–H groups in total. The molecule has 21 heavy (non-hydrogen) atoms. The summed E-state index contributed by atoms with van der Waals surface area (Å²) in [5.74, 6) is 1.66. The second-order valence-electron chi connectivity index (χ2n) is 6.12. The van der Waals surface area contributed by atoms with Crippen molar-refractivity contribution in [2.24, 2.45) is 5.92 Å². The molecule has 0 bridgehead atoms. The molecule has 1 aromatic carbocycles. The highest BCUT2D eigenvalue weighted by Gasteiger charge is 2.15. The summed E-state index contributed by atoms with van der Waals surface area (Å²) in [5, 5.41) is 4.61. The van der Waals surface area contributed by atoms with Gasteiger partial charge in [-0.05, 0) is 38.9 Å². The van der Waals surface area contributed by atoms with E-state index in [0.29, 0.717) is 12.0 Å². The quantitative estimate of drug-likeness (QED) is 0.864. The smallest absolute Gasteiger partial charge is 0.131 e. The van der Waals surface area contributed by atoms with Gasteiger partial charge in [-0.25, -0.2) is 4.98 Å². The van der Waals surface area contributed by atoms with Crippen LogP contribution >= 0.6 is 0 Å². The first kappa shape index (κ1) is 15.8. The largest absolute Gasteiger partial charge is 0.370 e. The Bertz CT molecular complexity index is 592. The number of nitrogens with one attached hydrogen (secondary N) is 1. The fourth-order valence-electron chi connectivity index (χ4n) is 2.52. The summed E-state index contributed by atoms with van der Waals surface area (Å²) >= 11 is 0. The molecule has 1 aromatic heterocycles. The van der Waals surface area contributed by atoms with E-state index in [9.17, 15) is 0 Å². The third-order valence-corrected chi connectivity index (χ3v) is 4.23. The van der Waals surface area contributed by atoms with E-state index in [4.69, 9.17) is 4.98 Å². The van der Waals surface area contributed by atoms with E-state index in [2.05, 4.69) is 69.2 Å². The Balaban J connectivity index is 2.34. The van der Waals surface area contributed by atoms with Crippen molar-refractivity contribution >= 4 is 16.7 Å². The van der Waals surface area contributed by atoms with E-state index in [1.807, 2.05) is 6.07 Å². The van der Waals surface area contributed by atoms with Gasteiger partial charge in [0.2, 0.25) is 0 Å². The lowest BCUT2D eigenvalue weighted by Gasteiger charge is -2.28. The summed E-state index contributed by atoms with van der Waals surface area (Å²) in [7, 11) is 2.19. The molecule has 0 radical (unpaired) electrons. The summed E-state index contributed by atoms with van der Waals surface area (Å²) in [6, 6.07) is 11.1. The zero-order valence-corrected chi connectivity index (χ0v) is 13.9. The second kappa shape index (κ2) is 6.90. The molecule has 0 aliphatic heterocycles. The minimum absolute atomic E-state index is 0.547. The van der Waals surface area contributed by atoms with Gasteiger partial charge in [0.05, 0.1) is 5.52 Å². The van der Waals surface area contributed by atoms with Crippen LogP contribution in [0.15, 0.2) is 30.3 Å².